The van der Waals surface area contributed by atoms with Crippen LogP contribution in [0.2, 0.25) is 0 Å². The van der Waals surface area contributed by atoms with E-state index in [2.05, 4.69) is 48.1 Å². The first-order valence-corrected chi connectivity index (χ1v) is 7.22. The Hall–Kier alpha value is -1.95. The molecule has 114 valence electrons. The maximum Gasteiger partial charge on any atom is 0.238 e. The molecule has 0 amide bonds. The average molecular weight is 289 g/mol. The van der Waals surface area contributed by atoms with Crippen LogP contribution in [0.3, 0.4) is 0 Å². The summed E-state index contributed by atoms with van der Waals surface area (Å²) in [4.78, 5) is 8.61. The molecule has 2 heterocycles. The van der Waals surface area contributed by atoms with Gasteiger partial charge in [0.25, 0.3) is 0 Å². The molecule has 0 saturated heterocycles. The summed E-state index contributed by atoms with van der Waals surface area (Å²) in [5.74, 6) is 1.16. The van der Waals surface area contributed by atoms with Gasteiger partial charge in [-0.2, -0.15) is 5.10 Å². The summed E-state index contributed by atoms with van der Waals surface area (Å²) in [7, 11) is 0. The highest BCUT2D eigenvalue weighted by Crippen LogP contribution is 2.17. The van der Waals surface area contributed by atoms with Crippen molar-refractivity contribution in [1.82, 2.24) is 25.1 Å². The third-order valence-corrected chi connectivity index (χ3v) is 2.77. The molecule has 0 radical (unpaired) electrons. The summed E-state index contributed by atoms with van der Waals surface area (Å²) in [6, 6.07) is 0. The molecule has 6 heteroatoms. The van der Waals surface area contributed by atoms with Gasteiger partial charge in [0.05, 0.1) is 30.5 Å². The van der Waals surface area contributed by atoms with Gasteiger partial charge in [0.1, 0.15) is 0 Å². The van der Waals surface area contributed by atoms with Gasteiger partial charge < -0.3 is 10.1 Å². The third kappa shape index (κ3) is 5.15. The molecule has 1 N–H and O–H groups in total. The topological polar surface area (TPSA) is 64.9 Å². The second-order valence-corrected chi connectivity index (χ2v) is 5.99. The van der Waals surface area contributed by atoms with Crippen LogP contribution in [0, 0.1) is 0 Å². The Labute approximate surface area is 125 Å². The molecule has 6 nitrogen and oxygen atoms in total. The van der Waals surface area contributed by atoms with Crippen molar-refractivity contribution >= 4 is 0 Å². The van der Waals surface area contributed by atoms with E-state index in [4.69, 9.17) is 4.74 Å². The third-order valence-electron chi connectivity index (χ3n) is 2.77. The number of nitrogens with zero attached hydrogens (tertiary/aromatic N) is 4. The molecule has 0 fully saturated rings. The minimum Gasteiger partial charge on any atom is -0.434 e. The van der Waals surface area contributed by atoms with E-state index in [-0.39, 0.29) is 5.54 Å². The van der Waals surface area contributed by atoms with E-state index in [0.29, 0.717) is 18.2 Å². The van der Waals surface area contributed by atoms with Crippen LogP contribution in [-0.2, 0) is 13.1 Å². The normalized spacial score (nSPS) is 11.6. The predicted octanol–water partition coefficient (Wildman–Crippen LogP) is 2.76. The number of hydrogen-bond donors (Lipinski definition) is 1. The first kappa shape index (κ1) is 15.4. The Morgan fingerprint density at radius 2 is 2.00 bits per heavy atom. The fourth-order valence-electron chi connectivity index (χ4n) is 1.71. The highest BCUT2D eigenvalue weighted by molar-refractivity contribution is 5.19. The zero-order chi connectivity index (χ0) is 15.3. The van der Waals surface area contributed by atoms with Crippen LogP contribution in [0.15, 0.2) is 24.8 Å². The van der Waals surface area contributed by atoms with E-state index < -0.39 is 0 Å². The number of ether oxygens (including phenoxy) is 1. The first-order valence-electron chi connectivity index (χ1n) is 7.22. The molecular formula is C15H23N5O. The molecule has 0 aliphatic carbocycles. The zero-order valence-electron chi connectivity index (χ0n) is 13.1. The molecule has 0 aliphatic heterocycles. The smallest absolute Gasteiger partial charge is 0.238 e. The Morgan fingerprint density at radius 3 is 2.62 bits per heavy atom. The number of hydrogen-bond acceptors (Lipinski definition) is 5. The summed E-state index contributed by atoms with van der Waals surface area (Å²) in [6.45, 7) is 10.0. The van der Waals surface area contributed by atoms with Gasteiger partial charge in [0.2, 0.25) is 5.88 Å². The SMILES string of the molecule is CCCn1cc(Oc2cnc(CNC(C)(C)C)cn2)cn1. The van der Waals surface area contributed by atoms with Crippen molar-refractivity contribution in [1.29, 1.82) is 0 Å². The Kier molecular flexibility index (Phi) is 4.90. The maximum absolute atomic E-state index is 5.63. The lowest BCUT2D eigenvalue weighted by Crippen LogP contribution is -2.35. The van der Waals surface area contributed by atoms with Gasteiger partial charge in [-0.3, -0.25) is 9.67 Å². The fourth-order valence-corrected chi connectivity index (χ4v) is 1.71. The van der Waals surface area contributed by atoms with Gasteiger partial charge in [-0.25, -0.2) is 4.98 Å². The molecule has 2 aromatic rings. The molecule has 2 aromatic heterocycles. The molecule has 0 bridgehead atoms. The second-order valence-electron chi connectivity index (χ2n) is 5.99. The monoisotopic (exact) mass is 289 g/mol. The van der Waals surface area contributed by atoms with Crippen LogP contribution in [-0.4, -0.2) is 25.3 Å². The quantitative estimate of drug-likeness (QED) is 0.886. The summed E-state index contributed by atoms with van der Waals surface area (Å²) in [5.41, 5.74) is 0.948. The minimum absolute atomic E-state index is 0.0602. The van der Waals surface area contributed by atoms with E-state index >= 15 is 0 Å². The van der Waals surface area contributed by atoms with Gasteiger partial charge in [-0.15, -0.1) is 0 Å². The first-order chi connectivity index (χ1) is 9.96. The molecule has 0 spiro atoms. The highest BCUT2D eigenvalue weighted by atomic mass is 16.5. The van der Waals surface area contributed by atoms with Crippen LogP contribution < -0.4 is 10.1 Å². The predicted molar refractivity (Wildman–Crippen MR) is 81.2 cm³/mol. The van der Waals surface area contributed by atoms with E-state index in [9.17, 15) is 0 Å². The molecule has 0 aliphatic rings. The average Bonchev–Trinajstić information content (AvgIpc) is 2.85. The van der Waals surface area contributed by atoms with E-state index in [1.807, 2.05) is 10.9 Å². The standard InChI is InChI=1S/C15H23N5O/c1-5-6-20-11-13(9-19-20)21-14-10-16-12(7-17-14)8-18-15(2,3)4/h7,9-11,18H,5-6,8H2,1-4H3. The molecule has 0 aromatic carbocycles. The van der Waals surface area contributed by atoms with Crippen LogP contribution >= 0.6 is 0 Å². The second kappa shape index (κ2) is 6.67. The highest BCUT2D eigenvalue weighted by Gasteiger charge is 2.09. The number of aromatic nitrogens is 4. The van der Waals surface area contributed by atoms with Crippen molar-refractivity contribution in [2.75, 3.05) is 0 Å². The Morgan fingerprint density at radius 1 is 1.19 bits per heavy atom. The number of nitrogens with one attached hydrogen (secondary N) is 1. The Bertz CT molecular complexity index is 556. The van der Waals surface area contributed by atoms with Gasteiger partial charge in [0.15, 0.2) is 5.75 Å². The van der Waals surface area contributed by atoms with Crippen LogP contribution in [0.4, 0.5) is 0 Å². The van der Waals surface area contributed by atoms with Gasteiger partial charge in [-0.05, 0) is 27.2 Å². The lowest BCUT2D eigenvalue weighted by Gasteiger charge is -2.19. The largest absolute Gasteiger partial charge is 0.434 e. The Balaban J connectivity index is 1.92. The summed E-state index contributed by atoms with van der Waals surface area (Å²) >= 11 is 0. The van der Waals surface area contributed by atoms with Crippen LogP contribution in [0.25, 0.3) is 0 Å². The lowest BCUT2D eigenvalue weighted by molar-refractivity contribution is 0.418. The van der Waals surface area contributed by atoms with Crippen molar-refractivity contribution in [2.24, 2.45) is 0 Å². The summed E-state index contributed by atoms with van der Waals surface area (Å²) < 4.78 is 7.48. The van der Waals surface area contributed by atoms with Crippen molar-refractivity contribution in [2.45, 2.75) is 52.7 Å². The maximum atomic E-state index is 5.63. The molecular weight excluding hydrogens is 266 g/mol. The van der Waals surface area contributed by atoms with E-state index in [1.165, 1.54) is 0 Å². The van der Waals surface area contributed by atoms with E-state index in [0.717, 1.165) is 18.7 Å². The van der Waals surface area contributed by atoms with Crippen molar-refractivity contribution in [3.63, 3.8) is 0 Å². The van der Waals surface area contributed by atoms with Crippen LogP contribution in [0.5, 0.6) is 11.6 Å². The molecule has 0 unspecified atom stereocenters. The fraction of sp³-hybridized carbons (Fsp3) is 0.533. The van der Waals surface area contributed by atoms with Gasteiger partial charge in [-0.1, -0.05) is 6.92 Å². The molecule has 21 heavy (non-hydrogen) atoms. The van der Waals surface area contributed by atoms with Crippen LogP contribution in [0.1, 0.15) is 39.8 Å². The van der Waals surface area contributed by atoms with Gasteiger partial charge >= 0.3 is 0 Å². The van der Waals surface area contributed by atoms with Crippen molar-refractivity contribution < 1.29 is 4.74 Å². The number of rotatable bonds is 6. The summed E-state index contributed by atoms with van der Waals surface area (Å²) in [5, 5.41) is 7.58. The number of aryl methyl sites for hydroxylation is 1. The van der Waals surface area contributed by atoms with Gasteiger partial charge in [0, 0.05) is 18.6 Å². The molecule has 0 atom stereocenters. The molecule has 2 rings (SSSR count). The van der Waals surface area contributed by atoms with Crippen molar-refractivity contribution in [3.8, 4) is 11.6 Å². The minimum atomic E-state index is 0.0602. The van der Waals surface area contributed by atoms with E-state index in [1.54, 1.807) is 18.6 Å². The lowest BCUT2D eigenvalue weighted by atomic mass is 10.1. The molecule has 0 saturated carbocycles. The zero-order valence-corrected chi connectivity index (χ0v) is 13.1. The summed E-state index contributed by atoms with van der Waals surface area (Å²) in [6.07, 6.45) is 7.95. The van der Waals surface area contributed by atoms with Crippen molar-refractivity contribution in [3.05, 3.63) is 30.5 Å².